The predicted octanol–water partition coefficient (Wildman–Crippen LogP) is 7.86. The van der Waals surface area contributed by atoms with E-state index in [1.165, 1.54) is 12.3 Å². The van der Waals surface area contributed by atoms with Gasteiger partial charge in [-0.2, -0.15) is 0 Å². The molecule has 1 aromatic carbocycles. The summed E-state index contributed by atoms with van der Waals surface area (Å²) in [6, 6.07) is 4.81. The first-order valence-electron chi connectivity index (χ1n) is 12.7. The van der Waals surface area contributed by atoms with Gasteiger partial charge in [-0.1, -0.05) is 57.3 Å². The normalized spacial score (nSPS) is 12.8. The van der Waals surface area contributed by atoms with Gasteiger partial charge < -0.3 is 24.5 Å². The third kappa shape index (κ3) is 8.19. The maximum Gasteiger partial charge on any atom is 0.198 e. The Morgan fingerprint density at radius 2 is 1.92 bits per heavy atom. The molecule has 0 fully saturated rings. The zero-order chi connectivity index (χ0) is 28.0. The van der Waals surface area contributed by atoms with E-state index in [1.807, 2.05) is 13.8 Å². The molecule has 38 heavy (non-hydrogen) atoms. The molecule has 0 saturated carbocycles. The quantitative estimate of drug-likeness (QED) is 0.121. The van der Waals surface area contributed by atoms with Crippen LogP contribution in [0.2, 0.25) is 30.7 Å². The Labute approximate surface area is 234 Å². The van der Waals surface area contributed by atoms with Crippen molar-refractivity contribution >= 4 is 53.6 Å². The van der Waals surface area contributed by atoms with Crippen LogP contribution in [0.5, 0.6) is 11.5 Å². The SMILES string of the molecule is CC(C)C(CCO)CC(=S)Nc1cc(F)c(Oc2ccnc3c2c(Cl)cn3COCC[Si](C)(C)C)c(F)c1. The van der Waals surface area contributed by atoms with E-state index >= 15 is 8.78 Å². The third-order valence-corrected chi connectivity index (χ3v) is 8.54. The van der Waals surface area contributed by atoms with Crippen molar-refractivity contribution in [3.05, 3.63) is 47.2 Å². The molecule has 0 aliphatic heterocycles. The molecule has 0 aliphatic rings. The van der Waals surface area contributed by atoms with Crippen LogP contribution < -0.4 is 10.1 Å². The molecule has 1 atom stereocenters. The Bertz CT molecular complexity index is 1240. The molecule has 0 bridgehead atoms. The molecule has 0 aliphatic carbocycles. The highest BCUT2D eigenvalue weighted by Crippen LogP contribution is 2.37. The van der Waals surface area contributed by atoms with Crippen molar-refractivity contribution in [2.75, 3.05) is 18.5 Å². The fourth-order valence-corrected chi connectivity index (χ4v) is 5.37. The highest BCUT2D eigenvalue weighted by molar-refractivity contribution is 7.80. The minimum absolute atomic E-state index is 0.0576. The number of aliphatic hydroxyl groups is 1. The van der Waals surface area contributed by atoms with E-state index in [0.29, 0.717) is 46.4 Å². The van der Waals surface area contributed by atoms with Crippen LogP contribution in [0.4, 0.5) is 14.5 Å². The second-order valence-corrected chi connectivity index (χ2v) is 17.5. The van der Waals surface area contributed by atoms with Crippen molar-refractivity contribution in [2.45, 2.75) is 59.1 Å². The summed E-state index contributed by atoms with van der Waals surface area (Å²) in [6.45, 7) is 11.9. The van der Waals surface area contributed by atoms with E-state index in [4.69, 9.17) is 33.3 Å². The van der Waals surface area contributed by atoms with Crippen LogP contribution in [0.3, 0.4) is 0 Å². The van der Waals surface area contributed by atoms with Gasteiger partial charge in [0.15, 0.2) is 17.4 Å². The topological polar surface area (TPSA) is 68.5 Å². The lowest BCUT2D eigenvalue weighted by molar-refractivity contribution is 0.0899. The van der Waals surface area contributed by atoms with Gasteiger partial charge in [0.2, 0.25) is 0 Å². The van der Waals surface area contributed by atoms with Crippen molar-refractivity contribution in [1.82, 2.24) is 9.55 Å². The van der Waals surface area contributed by atoms with Crippen molar-refractivity contribution < 1.29 is 23.4 Å². The maximum absolute atomic E-state index is 15.0. The van der Waals surface area contributed by atoms with Gasteiger partial charge in [-0.05, 0) is 30.4 Å². The monoisotopic (exact) mass is 583 g/mol. The zero-order valence-corrected chi connectivity index (χ0v) is 25.1. The summed E-state index contributed by atoms with van der Waals surface area (Å²) in [6.07, 6.45) is 4.27. The van der Waals surface area contributed by atoms with Gasteiger partial charge >= 0.3 is 0 Å². The Kier molecular flexibility index (Phi) is 10.6. The van der Waals surface area contributed by atoms with Crippen LogP contribution in [0.1, 0.15) is 26.7 Å². The van der Waals surface area contributed by atoms with Gasteiger partial charge in [0.05, 0.1) is 15.4 Å². The molecule has 3 aromatic rings. The number of hydrogen-bond acceptors (Lipinski definition) is 5. The molecule has 2 N–H and O–H groups in total. The highest BCUT2D eigenvalue weighted by Gasteiger charge is 2.20. The Morgan fingerprint density at radius 1 is 1.24 bits per heavy atom. The van der Waals surface area contributed by atoms with Crippen LogP contribution in [0.15, 0.2) is 30.6 Å². The molecule has 3 rings (SSSR count). The van der Waals surface area contributed by atoms with Gasteiger partial charge in [0, 0.05) is 57.9 Å². The third-order valence-electron chi connectivity index (χ3n) is 6.28. The minimum Gasteiger partial charge on any atom is -0.450 e. The van der Waals surface area contributed by atoms with Crippen molar-refractivity contribution in [3.63, 3.8) is 0 Å². The van der Waals surface area contributed by atoms with E-state index in [0.717, 1.165) is 18.2 Å². The lowest BCUT2D eigenvalue weighted by Crippen LogP contribution is -2.22. The number of anilines is 1. The van der Waals surface area contributed by atoms with Crippen molar-refractivity contribution in [1.29, 1.82) is 0 Å². The van der Waals surface area contributed by atoms with E-state index in [-0.39, 0.29) is 30.7 Å². The summed E-state index contributed by atoms with van der Waals surface area (Å²) in [5.74, 6) is -1.68. The van der Waals surface area contributed by atoms with Crippen LogP contribution in [-0.2, 0) is 11.5 Å². The van der Waals surface area contributed by atoms with Gasteiger partial charge in [-0.25, -0.2) is 13.8 Å². The van der Waals surface area contributed by atoms with Crippen LogP contribution >= 0.6 is 23.8 Å². The average molecular weight is 584 g/mol. The van der Waals surface area contributed by atoms with E-state index < -0.39 is 25.5 Å². The smallest absolute Gasteiger partial charge is 0.198 e. The van der Waals surface area contributed by atoms with E-state index in [2.05, 4.69) is 29.9 Å². The second kappa shape index (κ2) is 13.3. The Hall–Kier alpha value is -2.11. The fourth-order valence-electron chi connectivity index (χ4n) is 3.99. The minimum atomic E-state index is -1.22. The number of hydrogen-bond donors (Lipinski definition) is 2. The molecule has 1 unspecified atom stereocenters. The molecular weight excluding hydrogens is 548 g/mol. The number of nitrogens with zero attached hydrogens (tertiary/aromatic N) is 2. The summed E-state index contributed by atoms with van der Waals surface area (Å²) in [4.78, 5) is 4.82. The van der Waals surface area contributed by atoms with Crippen molar-refractivity contribution in [2.24, 2.45) is 11.8 Å². The van der Waals surface area contributed by atoms with Crippen LogP contribution in [-0.4, -0.2) is 40.9 Å². The van der Waals surface area contributed by atoms with Crippen LogP contribution in [0.25, 0.3) is 11.0 Å². The predicted molar refractivity (Wildman–Crippen MR) is 156 cm³/mol. The first-order chi connectivity index (χ1) is 17.9. The highest BCUT2D eigenvalue weighted by atomic mass is 35.5. The number of thiocarbonyl (C=S) groups is 1. The number of rotatable bonds is 13. The molecule has 0 saturated heterocycles. The Balaban J connectivity index is 1.76. The van der Waals surface area contributed by atoms with Gasteiger partial charge in [0.1, 0.15) is 18.1 Å². The molecule has 208 valence electrons. The van der Waals surface area contributed by atoms with Gasteiger partial charge in [-0.15, -0.1) is 0 Å². The number of aromatic nitrogens is 2. The lowest BCUT2D eigenvalue weighted by atomic mass is 9.90. The van der Waals surface area contributed by atoms with E-state index in [1.54, 1.807) is 10.8 Å². The van der Waals surface area contributed by atoms with Gasteiger partial charge in [0.25, 0.3) is 0 Å². The molecule has 6 nitrogen and oxygen atoms in total. The molecule has 2 aromatic heterocycles. The maximum atomic E-state index is 15.0. The van der Waals surface area contributed by atoms with Gasteiger partial charge in [-0.3, -0.25) is 0 Å². The molecule has 11 heteroatoms. The molecule has 0 amide bonds. The number of ether oxygens (including phenoxy) is 2. The van der Waals surface area contributed by atoms with Crippen molar-refractivity contribution in [3.8, 4) is 11.5 Å². The van der Waals surface area contributed by atoms with E-state index in [9.17, 15) is 5.11 Å². The standard InChI is InChI=1S/C27H36ClF2N3O3SSi/c1-17(2)18(7-9-34)12-24(37)32-19-13-21(29)26(22(30)14-19)36-23-6-8-31-27-25(23)20(28)15-33(27)16-35-10-11-38(3,4)5/h6,8,13-15,17-18,34H,7,9-12,16H2,1-5H3,(H,32,37). The Morgan fingerprint density at radius 3 is 2.53 bits per heavy atom. The molecule has 0 radical (unpaired) electrons. The number of nitrogens with one attached hydrogen (secondary N) is 1. The number of aliphatic hydroxyl groups excluding tert-OH is 1. The number of fused-ring (bicyclic) bond motifs is 1. The second-order valence-electron chi connectivity index (χ2n) is 10.9. The summed E-state index contributed by atoms with van der Waals surface area (Å²) in [5.41, 5.74) is 0.677. The summed E-state index contributed by atoms with van der Waals surface area (Å²) < 4.78 is 43.3. The summed E-state index contributed by atoms with van der Waals surface area (Å²) in [5, 5.41) is 13.0. The number of pyridine rings is 1. The largest absolute Gasteiger partial charge is 0.450 e. The average Bonchev–Trinajstić information content (AvgIpc) is 3.14. The number of benzene rings is 1. The number of halogens is 3. The first kappa shape index (κ1) is 30.4. The first-order valence-corrected chi connectivity index (χ1v) is 17.2. The molecule has 2 heterocycles. The molecular formula is C27H36ClF2N3O3SSi. The fraction of sp³-hybridized carbons (Fsp3) is 0.481. The summed E-state index contributed by atoms with van der Waals surface area (Å²) >= 11 is 11.9. The van der Waals surface area contributed by atoms with Crippen LogP contribution in [0, 0.1) is 23.5 Å². The zero-order valence-electron chi connectivity index (χ0n) is 22.5. The lowest BCUT2D eigenvalue weighted by Gasteiger charge is -2.21. The summed E-state index contributed by atoms with van der Waals surface area (Å²) in [7, 11) is -1.22. The molecule has 0 spiro atoms.